The molecule has 7 aromatic rings. The molecule has 0 saturated carbocycles. The highest BCUT2D eigenvalue weighted by Crippen LogP contribution is 2.38. The molecule has 5 aromatic carbocycles. The van der Waals surface area contributed by atoms with Crippen LogP contribution in [0.1, 0.15) is 18.3 Å². The number of aryl methyl sites for hydroxylation is 1. The summed E-state index contributed by atoms with van der Waals surface area (Å²) in [6.07, 6.45) is 0.820. The summed E-state index contributed by atoms with van der Waals surface area (Å²) in [6.45, 7) is 2.15. The molecule has 0 fully saturated rings. The van der Waals surface area contributed by atoms with Crippen molar-refractivity contribution in [3.05, 3.63) is 127 Å². The van der Waals surface area contributed by atoms with Gasteiger partial charge in [0.15, 0.2) is 0 Å². The van der Waals surface area contributed by atoms with Crippen molar-refractivity contribution < 1.29 is 0 Å². The number of imidazole rings is 1. The van der Waals surface area contributed by atoms with Gasteiger partial charge < -0.3 is 0 Å². The van der Waals surface area contributed by atoms with Gasteiger partial charge in [-0.3, -0.25) is 4.57 Å². The minimum absolute atomic E-state index is 0.660. The third kappa shape index (κ3) is 3.75. The van der Waals surface area contributed by atoms with Crippen molar-refractivity contribution in [2.45, 2.75) is 13.3 Å². The highest BCUT2D eigenvalue weighted by atomic mass is 15.1. The average Bonchev–Trinajstić information content (AvgIpc) is 3.40. The molecular weight excluding hydrogens is 476 g/mol. The summed E-state index contributed by atoms with van der Waals surface area (Å²) in [7, 11) is 0. The lowest BCUT2D eigenvalue weighted by Crippen LogP contribution is -1.99. The van der Waals surface area contributed by atoms with Crippen LogP contribution in [0, 0.1) is 11.3 Å². The summed E-state index contributed by atoms with van der Waals surface area (Å²) in [5.41, 5.74) is 8.94. The van der Waals surface area contributed by atoms with Gasteiger partial charge in [0.1, 0.15) is 5.82 Å². The molecule has 0 aliphatic carbocycles. The normalized spacial score (nSPS) is 11.3. The molecule has 0 saturated heterocycles. The van der Waals surface area contributed by atoms with E-state index in [1.807, 2.05) is 36.4 Å². The average molecular weight is 501 g/mol. The van der Waals surface area contributed by atoms with Crippen LogP contribution in [0.2, 0.25) is 0 Å². The van der Waals surface area contributed by atoms with E-state index in [1.54, 1.807) is 0 Å². The molecule has 0 N–H and O–H groups in total. The first-order valence-corrected chi connectivity index (χ1v) is 13.1. The summed E-state index contributed by atoms with van der Waals surface area (Å²) in [5, 5.41) is 12.5. The highest BCUT2D eigenvalue weighted by molar-refractivity contribution is 6.19. The Morgan fingerprint density at radius 1 is 0.667 bits per heavy atom. The number of hydrogen-bond donors (Lipinski definition) is 0. The zero-order chi connectivity index (χ0) is 26.3. The van der Waals surface area contributed by atoms with E-state index in [1.165, 1.54) is 0 Å². The Hall–Kier alpha value is -5.27. The third-order valence-electron chi connectivity index (χ3n) is 7.40. The molecule has 0 spiro atoms. The second-order valence-corrected chi connectivity index (χ2v) is 9.65. The van der Waals surface area contributed by atoms with Crippen LogP contribution in [0.15, 0.2) is 115 Å². The van der Waals surface area contributed by atoms with E-state index >= 15 is 0 Å². The molecule has 0 bridgehead atoms. The second-order valence-electron chi connectivity index (χ2n) is 9.65. The van der Waals surface area contributed by atoms with E-state index in [4.69, 9.17) is 15.2 Å². The molecule has 0 radical (unpaired) electrons. The molecule has 7 rings (SSSR count). The summed E-state index contributed by atoms with van der Waals surface area (Å²) in [6, 6.07) is 41.6. The van der Waals surface area contributed by atoms with Gasteiger partial charge in [0.2, 0.25) is 0 Å². The summed E-state index contributed by atoms with van der Waals surface area (Å²) < 4.78 is 2.27. The van der Waals surface area contributed by atoms with Gasteiger partial charge >= 0.3 is 0 Å². The van der Waals surface area contributed by atoms with E-state index < -0.39 is 0 Å². The van der Waals surface area contributed by atoms with Crippen LogP contribution in [0.25, 0.3) is 60.8 Å². The van der Waals surface area contributed by atoms with Crippen LogP contribution < -0.4 is 0 Å². The molecule has 39 heavy (non-hydrogen) atoms. The van der Waals surface area contributed by atoms with Crippen molar-refractivity contribution in [2.75, 3.05) is 0 Å². The molecule has 2 aromatic heterocycles. The molecule has 0 amide bonds. The van der Waals surface area contributed by atoms with E-state index in [2.05, 4.69) is 96.4 Å². The van der Waals surface area contributed by atoms with Gasteiger partial charge in [0, 0.05) is 28.4 Å². The van der Waals surface area contributed by atoms with Crippen LogP contribution in [0.3, 0.4) is 0 Å². The molecular formula is C35H24N4. The Morgan fingerprint density at radius 2 is 1.33 bits per heavy atom. The van der Waals surface area contributed by atoms with E-state index in [-0.39, 0.29) is 0 Å². The minimum atomic E-state index is 0.660. The van der Waals surface area contributed by atoms with Crippen LogP contribution in [-0.2, 0) is 6.42 Å². The number of benzene rings is 5. The molecule has 0 atom stereocenters. The zero-order valence-electron chi connectivity index (χ0n) is 21.5. The van der Waals surface area contributed by atoms with E-state index in [0.717, 1.165) is 73.0 Å². The summed E-state index contributed by atoms with van der Waals surface area (Å²) >= 11 is 0. The Bertz CT molecular complexity index is 2030. The standard InChI is InChI=1S/C35H24N4/c1-2-32-38-35-31(39(32)27-8-4-3-5-9-27)21-20-29-28-10-6-7-11-30(28)37-34(33(29)35)26-18-16-25(17-19-26)24-14-12-23(22-36)13-15-24/h3-21H,2H2,1H3. The molecule has 4 nitrogen and oxygen atoms in total. The smallest absolute Gasteiger partial charge is 0.114 e. The lowest BCUT2D eigenvalue weighted by molar-refractivity contribution is 0.908. The molecule has 0 unspecified atom stereocenters. The molecule has 0 aliphatic heterocycles. The largest absolute Gasteiger partial charge is 0.296 e. The van der Waals surface area contributed by atoms with Crippen LogP contribution in [0.4, 0.5) is 0 Å². The Labute approximate surface area is 226 Å². The molecule has 4 heteroatoms. The number of rotatable bonds is 4. The maximum atomic E-state index is 9.13. The van der Waals surface area contributed by atoms with Crippen LogP contribution >= 0.6 is 0 Å². The monoisotopic (exact) mass is 500 g/mol. The van der Waals surface area contributed by atoms with Crippen molar-refractivity contribution in [3.63, 3.8) is 0 Å². The number of fused-ring (bicyclic) bond motifs is 5. The molecule has 184 valence electrons. The first-order valence-electron chi connectivity index (χ1n) is 13.1. The van der Waals surface area contributed by atoms with Crippen molar-refractivity contribution >= 4 is 32.7 Å². The number of hydrogen-bond acceptors (Lipinski definition) is 3. The van der Waals surface area contributed by atoms with Gasteiger partial charge in [-0.05, 0) is 52.9 Å². The number of nitrogens with zero attached hydrogens (tertiary/aromatic N) is 4. The third-order valence-corrected chi connectivity index (χ3v) is 7.40. The van der Waals surface area contributed by atoms with Gasteiger partial charge in [-0.2, -0.15) is 5.26 Å². The maximum Gasteiger partial charge on any atom is 0.114 e. The van der Waals surface area contributed by atoms with Gasteiger partial charge in [-0.1, -0.05) is 85.8 Å². The fourth-order valence-electron chi connectivity index (χ4n) is 5.50. The number of nitriles is 1. The predicted octanol–water partition coefficient (Wildman–Crippen LogP) is 8.49. The van der Waals surface area contributed by atoms with Crippen molar-refractivity contribution in [2.24, 2.45) is 0 Å². The van der Waals surface area contributed by atoms with Crippen molar-refractivity contribution in [1.82, 2.24) is 14.5 Å². The summed E-state index contributed by atoms with van der Waals surface area (Å²) in [4.78, 5) is 10.4. The number of pyridine rings is 1. The van der Waals surface area contributed by atoms with Gasteiger partial charge in [-0.25, -0.2) is 9.97 Å². The zero-order valence-corrected chi connectivity index (χ0v) is 21.5. The van der Waals surface area contributed by atoms with Gasteiger partial charge in [0.25, 0.3) is 0 Å². The summed E-state index contributed by atoms with van der Waals surface area (Å²) in [5.74, 6) is 1.03. The Morgan fingerprint density at radius 3 is 2.05 bits per heavy atom. The highest BCUT2D eigenvalue weighted by Gasteiger charge is 2.19. The first kappa shape index (κ1) is 22.9. The Kier molecular flexibility index (Phi) is 5.42. The van der Waals surface area contributed by atoms with E-state index in [0.29, 0.717) is 5.56 Å². The van der Waals surface area contributed by atoms with Crippen LogP contribution in [-0.4, -0.2) is 14.5 Å². The van der Waals surface area contributed by atoms with E-state index in [9.17, 15) is 0 Å². The maximum absolute atomic E-state index is 9.13. The minimum Gasteiger partial charge on any atom is -0.296 e. The SMILES string of the molecule is CCc1nc2c3c(-c4ccc(-c5ccc(C#N)cc5)cc4)nc4ccccc4c3ccc2n1-c1ccccc1. The second kappa shape index (κ2) is 9.24. The predicted molar refractivity (Wildman–Crippen MR) is 159 cm³/mol. The van der Waals surface area contributed by atoms with Crippen molar-refractivity contribution in [1.29, 1.82) is 5.26 Å². The first-order chi connectivity index (χ1) is 19.2. The molecule has 2 heterocycles. The number of aromatic nitrogens is 3. The fraction of sp³-hybridized carbons (Fsp3) is 0.0571. The lowest BCUT2D eigenvalue weighted by atomic mass is 9.97. The molecule has 0 aliphatic rings. The quantitative estimate of drug-likeness (QED) is 0.228. The van der Waals surface area contributed by atoms with Crippen molar-refractivity contribution in [3.8, 4) is 34.1 Å². The number of para-hydroxylation sites is 2. The van der Waals surface area contributed by atoms with Crippen LogP contribution in [0.5, 0.6) is 0 Å². The van der Waals surface area contributed by atoms with Gasteiger partial charge in [0.05, 0.1) is 33.9 Å². The lowest BCUT2D eigenvalue weighted by Gasteiger charge is -2.12. The fourth-order valence-corrected chi connectivity index (χ4v) is 5.50. The van der Waals surface area contributed by atoms with Gasteiger partial charge in [-0.15, -0.1) is 0 Å². The topological polar surface area (TPSA) is 54.5 Å². The Balaban J connectivity index is 1.49.